The number of nitrogens with zero attached hydrogens (tertiary/aromatic N) is 4. The van der Waals surface area contributed by atoms with Gasteiger partial charge in [0, 0.05) is 36.8 Å². The number of benzene rings is 1. The molecule has 2 saturated carbocycles. The lowest BCUT2D eigenvalue weighted by Gasteiger charge is -2.22. The van der Waals surface area contributed by atoms with Crippen LogP contribution in [0.3, 0.4) is 0 Å². The van der Waals surface area contributed by atoms with Crippen molar-refractivity contribution in [2.45, 2.75) is 49.4 Å². The van der Waals surface area contributed by atoms with Crippen LogP contribution in [0.1, 0.15) is 54.7 Å². The molecule has 2 fully saturated rings. The van der Waals surface area contributed by atoms with E-state index in [0.29, 0.717) is 47.4 Å². The van der Waals surface area contributed by atoms with Crippen molar-refractivity contribution in [2.24, 2.45) is 0 Å². The predicted octanol–water partition coefficient (Wildman–Crippen LogP) is 3.22. The van der Waals surface area contributed by atoms with Gasteiger partial charge in [-0.2, -0.15) is 5.10 Å². The summed E-state index contributed by atoms with van der Waals surface area (Å²) in [5.74, 6) is -4.40. The van der Waals surface area contributed by atoms with Crippen molar-refractivity contribution >= 4 is 17.2 Å². The smallest absolute Gasteiger partial charge is 0.313 e. The quantitative estimate of drug-likeness (QED) is 0.418. The van der Waals surface area contributed by atoms with E-state index < -0.39 is 34.9 Å². The number of fused-ring (bicyclic) bond motifs is 3. The summed E-state index contributed by atoms with van der Waals surface area (Å²) in [7, 11) is 0. The van der Waals surface area contributed by atoms with Gasteiger partial charge in [-0.25, -0.2) is 27.5 Å². The molecule has 0 bridgehead atoms. The third kappa shape index (κ3) is 3.35. The van der Waals surface area contributed by atoms with Crippen molar-refractivity contribution in [2.75, 3.05) is 11.4 Å². The Balaban J connectivity index is 1.29. The second kappa shape index (κ2) is 7.42. The molecule has 2 atom stereocenters. The van der Waals surface area contributed by atoms with Gasteiger partial charge in [0.1, 0.15) is 5.82 Å². The molecule has 7 rings (SSSR count). The highest BCUT2D eigenvalue weighted by Crippen LogP contribution is 2.61. The van der Waals surface area contributed by atoms with E-state index in [4.69, 9.17) is 0 Å². The molecule has 9 nitrogen and oxygen atoms in total. The fourth-order valence-corrected chi connectivity index (χ4v) is 5.82. The molecule has 4 aromatic rings. The van der Waals surface area contributed by atoms with E-state index in [1.54, 1.807) is 24.5 Å². The van der Waals surface area contributed by atoms with Gasteiger partial charge in [-0.1, -0.05) is 0 Å². The monoisotopic (exact) mass is 522 g/mol. The number of halogens is 3. The minimum absolute atomic E-state index is 0.159. The SMILES string of the molecule is CC(F)(F)CN1C(=O)C2(CC2)c2cc(F)c([C@H]3C[C@@H]3c3cc(-c4c[nH]c(=O)[nH]c4=O)nn4ccnc34)cc21. The Kier molecular flexibility index (Phi) is 4.48. The van der Waals surface area contributed by atoms with E-state index in [2.05, 4.69) is 20.1 Å². The Labute approximate surface area is 212 Å². The summed E-state index contributed by atoms with van der Waals surface area (Å²) < 4.78 is 44.9. The summed E-state index contributed by atoms with van der Waals surface area (Å²) in [4.78, 5) is 47.0. The van der Waals surface area contributed by atoms with E-state index in [9.17, 15) is 23.2 Å². The molecule has 1 aromatic carbocycles. The van der Waals surface area contributed by atoms with E-state index >= 15 is 4.39 Å². The number of imidazole rings is 1. The van der Waals surface area contributed by atoms with Gasteiger partial charge in [0.25, 0.3) is 11.5 Å². The molecule has 2 N–H and O–H groups in total. The summed E-state index contributed by atoms with van der Waals surface area (Å²) in [5.41, 5.74) is 0.829. The van der Waals surface area contributed by atoms with Crippen molar-refractivity contribution in [1.82, 2.24) is 24.6 Å². The first-order valence-electron chi connectivity index (χ1n) is 12.3. The average Bonchev–Trinajstić information content (AvgIpc) is 3.75. The van der Waals surface area contributed by atoms with Crippen molar-refractivity contribution in [3.05, 3.63) is 80.1 Å². The zero-order valence-electron chi connectivity index (χ0n) is 20.1. The Hall–Kier alpha value is -4.22. The number of amides is 1. The average molecular weight is 522 g/mol. The van der Waals surface area contributed by atoms with Crippen molar-refractivity contribution in [1.29, 1.82) is 0 Å². The van der Waals surface area contributed by atoms with Crippen LogP contribution in [0.4, 0.5) is 18.9 Å². The maximum Gasteiger partial charge on any atom is 0.325 e. The predicted molar refractivity (Wildman–Crippen MR) is 130 cm³/mol. The summed E-state index contributed by atoms with van der Waals surface area (Å²) in [5, 5.41) is 4.43. The lowest BCUT2D eigenvalue weighted by molar-refractivity contribution is -0.121. The number of rotatable bonds is 5. The molecule has 2 aliphatic carbocycles. The Morgan fingerprint density at radius 2 is 1.89 bits per heavy atom. The van der Waals surface area contributed by atoms with E-state index in [0.717, 1.165) is 17.4 Å². The molecule has 1 spiro atoms. The standard InChI is InChI=1S/C26H21F3N6O3/c1-25(28,29)11-34-20-8-14(18(27)9-17(20)26(2-3-26)23(34)37)12-6-13(12)15-7-19(33-35-5-4-30-21(15)35)16-10-31-24(38)32-22(16)36/h4-5,7-10,12-13H,2-3,6,11H2,1H3,(H2,31,32,36,38)/t12-,13-/m0/s1. The number of carbonyl (C=O) groups is 1. The first kappa shape index (κ1) is 22.9. The maximum absolute atomic E-state index is 15.5. The molecule has 0 unspecified atom stereocenters. The van der Waals surface area contributed by atoms with Crippen molar-refractivity contribution < 1.29 is 18.0 Å². The van der Waals surface area contributed by atoms with Crippen LogP contribution in [0.25, 0.3) is 16.9 Å². The topological polar surface area (TPSA) is 116 Å². The number of hydrogen-bond donors (Lipinski definition) is 2. The maximum atomic E-state index is 15.5. The van der Waals surface area contributed by atoms with Crippen LogP contribution in [0.5, 0.6) is 0 Å². The van der Waals surface area contributed by atoms with Gasteiger partial charge < -0.3 is 9.88 Å². The van der Waals surface area contributed by atoms with Crippen LogP contribution in [0, 0.1) is 5.82 Å². The van der Waals surface area contributed by atoms with Crippen molar-refractivity contribution in [3.8, 4) is 11.3 Å². The third-order valence-electron chi connectivity index (χ3n) is 7.83. The van der Waals surface area contributed by atoms with Gasteiger partial charge in [-0.15, -0.1) is 0 Å². The minimum atomic E-state index is -3.09. The molecule has 38 heavy (non-hydrogen) atoms. The van der Waals surface area contributed by atoms with E-state index in [-0.39, 0.29) is 23.3 Å². The van der Waals surface area contributed by atoms with Gasteiger partial charge in [-0.05, 0) is 60.4 Å². The number of anilines is 1. The second-order valence-electron chi connectivity index (χ2n) is 10.5. The summed E-state index contributed by atoms with van der Waals surface area (Å²) in [6, 6.07) is 4.61. The summed E-state index contributed by atoms with van der Waals surface area (Å²) >= 11 is 0. The highest BCUT2D eigenvalue weighted by Gasteiger charge is 2.60. The molecule has 194 valence electrons. The lowest BCUT2D eigenvalue weighted by atomic mass is 9.94. The van der Waals surface area contributed by atoms with Crippen LogP contribution in [-0.4, -0.2) is 42.9 Å². The Morgan fingerprint density at radius 3 is 2.61 bits per heavy atom. The van der Waals surface area contributed by atoms with Gasteiger partial charge in [0.2, 0.25) is 5.91 Å². The van der Waals surface area contributed by atoms with E-state index in [1.807, 2.05) is 0 Å². The lowest BCUT2D eigenvalue weighted by Crippen LogP contribution is -2.39. The Bertz CT molecular complexity index is 1780. The molecule has 3 aromatic heterocycles. The molecule has 1 amide bonds. The first-order chi connectivity index (χ1) is 18.1. The highest BCUT2D eigenvalue weighted by atomic mass is 19.3. The fourth-order valence-electron chi connectivity index (χ4n) is 5.82. The zero-order valence-corrected chi connectivity index (χ0v) is 20.1. The molecule has 4 heterocycles. The molecular weight excluding hydrogens is 501 g/mol. The van der Waals surface area contributed by atoms with Crippen LogP contribution in [0.2, 0.25) is 0 Å². The number of carbonyl (C=O) groups excluding carboxylic acids is 1. The van der Waals surface area contributed by atoms with Crippen LogP contribution >= 0.6 is 0 Å². The number of aromatic nitrogens is 5. The molecular formula is C26H21F3N6O3. The second-order valence-corrected chi connectivity index (χ2v) is 10.5. The van der Waals surface area contributed by atoms with E-state index in [1.165, 1.54) is 16.8 Å². The summed E-state index contributed by atoms with van der Waals surface area (Å²) in [6.07, 6.45) is 6.08. The normalized spacial score (nSPS) is 21.4. The molecule has 12 heteroatoms. The van der Waals surface area contributed by atoms with Gasteiger partial charge in [-0.3, -0.25) is 14.6 Å². The zero-order chi connectivity index (χ0) is 26.6. The summed E-state index contributed by atoms with van der Waals surface area (Å²) in [6.45, 7) is 0.0132. The van der Waals surface area contributed by atoms with Crippen LogP contribution in [-0.2, 0) is 10.2 Å². The number of alkyl halides is 2. The number of aromatic amines is 2. The van der Waals surface area contributed by atoms with Gasteiger partial charge in [0.05, 0.1) is 23.2 Å². The number of nitrogens with one attached hydrogen (secondary N) is 2. The van der Waals surface area contributed by atoms with Crippen LogP contribution < -0.4 is 16.1 Å². The van der Waals surface area contributed by atoms with Crippen LogP contribution in [0.15, 0.2) is 46.4 Å². The Morgan fingerprint density at radius 1 is 1.13 bits per heavy atom. The molecule has 3 aliphatic rings. The first-order valence-corrected chi connectivity index (χ1v) is 12.3. The molecule has 0 saturated heterocycles. The van der Waals surface area contributed by atoms with Gasteiger partial charge >= 0.3 is 5.69 Å². The number of H-pyrrole nitrogens is 2. The van der Waals surface area contributed by atoms with Gasteiger partial charge in [0.15, 0.2) is 5.65 Å². The fraction of sp³-hybridized carbons (Fsp3) is 0.346. The molecule has 0 radical (unpaired) electrons. The highest BCUT2D eigenvalue weighted by molar-refractivity contribution is 6.10. The number of hydrogen-bond acceptors (Lipinski definition) is 5. The third-order valence-corrected chi connectivity index (χ3v) is 7.83. The molecule has 1 aliphatic heterocycles. The largest absolute Gasteiger partial charge is 0.325 e. The van der Waals surface area contributed by atoms with Crippen molar-refractivity contribution in [3.63, 3.8) is 0 Å². The minimum Gasteiger partial charge on any atom is -0.313 e.